The van der Waals surface area contributed by atoms with Crippen LogP contribution in [0.15, 0.2) is 53.4 Å². The maximum atomic E-state index is 12.4. The molecular formula is C15H16ClNO2S. The van der Waals surface area contributed by atoms with Crippen molar-refractivity contribution in [2.45, 2.75) is 24.7 Å². The van der Waals surface area contributed by atoms with E-state index in [0.717, 1.165) is 5.56 Å². The first kappa shape index (κ1) is 14.9. The van der Waals surface area contributed by atoms with Gasteiger partial charge in [0.25, 0.3) is 10.0 Å². The minimum absolute atomic E-state index is 0.156. The number of benzene rings is 2. The lowest BCUT2D eigenvalue weighted by Crippen LogP contribution is -2.14. The van der Waals surface area contributed by atoms with E-state index in [4.69, 9.17) is 11.6 Å². The maximum Gasteiger partial charge on any atom is 0.261 e. The van der Waals surface area contributed by atoms with Gasteiger partial charge in [-0.1, -0.05) is 49.7 Å². The highest BCUT2D eigenvalue weighted by molar-refractivity contribution is 7.92. The van der Waals surface area contributed by atoms with Gasteiger partial charge < -0.3 is 0 Å². The van der Waals surface area contributed by atoms with E-state index >= 15 is 0 Å². The Morgan fingerprint density at radius 2 is 1.75 bits per heavy atom. The smallest absolute Gasteiger partial charge is 0.261 e. The van der Waals surface area contributed by atoms with E-state index in [1.807, 2.05) is 32.0 Å². The van der Waals surface area contributed by atoms with Crippen LogP contribution in [0, 0.1) is 0 Å². The number of anilines is 1. The molecule has 0 unspecified atom stereocenters. The molecule has 106 valence electrons. The molecule has 0 fully saturated rings. The summed E-state index contributed by atoms with van der Waals surface area (Å²) in [5.41, 5.74) is 1.56. The largest absolute Gasteiger partial charge is 0.279 e. The van der Waals surface area contributed by atoms with Crippen LogP contribution in [0.4, 0.5) is 5.69 Å². The Balaban J connectivity index is 2.39. The van der Waals surface area contributed by atoms with E-state index in [9.17, 15) is 8.42 Å². The summed E-state index contributed by atoms with van der Waals surface area (Å²) in [5.74, 6) is 0.230. The van der Waals surface area contributed by atoms with Gasteiger partial charge in [-0.05, 0) is 35.7 Å². The highest BCUT2D eigenvalue weighted by Gasteiger charge is 2.16. The summed E-state index contributed by atoms with van der Waals surface area (Å²) >= 11 is 5.84. The summed E-state index contributed by atoms with van der Waals surface area (Å²) in [7, 11) is -3.63. The Kier molecular flexibility index (Phi) is 4.35. The topological polar surface area (TPSA) is 46.2 Å². The molecule has 3 nitrogen and oxygen atoms in total. The third-order valence-corrected chi connectivity index (χ3v) is 4.53. The molecule has 0 atom stereocenters. The summed E-state index contributed by atoms with van der Waals surface area (Å²) in [6, 6.07) is 13.6. The molecule has 0 spiro atoms. The van der Waals surface area contributed by atoms with E-state index in [0.29, 0.717) is 10.7 Å². The zero-order valence-electron chi connectivity index (χ0n) is 11.3. The minimum Gasteiger partial charge on any atom is -0.279 e. The molecule has 1 N–H and O–H groups in total. The molecule has 0 radical (unpaired) electrons. The molecule has 0 aliphatic carbocycles. The summed E-state index contributed by atoms with van der Waals surface area (Å²) < 4.78 is 27.3. The van der Waals surface area contributed by atoms with Crippen molar-refractivity contribution >= 4 is 27.3 Å². The Bertz CT molecular complexity index is 711. The number of para-hydroxylation sites is 1. The van der Waals surface area contributed by atoms with Gasteiger partial charge in [-0.15, -0.1) is 0 Å². The first-order valence-corrected chi connectivity index (χ1v) is 8.13. The molecule has 0 bridgehead atoms. The predicted octanol–water partition coefficient (Wildman–Crippen LogP) is 4.26. The second-order valence-corrected chi connectivity index (χ2v) is 6.92. The molecule has 0 saturated heterocycles. The van der Waals surface area contributed by atoms with Crippen LogP contribution in [-0.2, 0) is 10.0 Å². The monoisotopic (exact) mass is 309 g/mol. The Labute approximate surface area is 124 Å². The SMILES string of the molecule is CC(C)c1ccccc1NS(=O)(=O)c1cccc(Cl)c1. The van der Waals surface area contributed by atoms with Crippen LogP contribution in [0.2, 0.25) is 5.02 Å². The van der Waals surface area contributed by atoms with Gasteiger partial charge in [0.15, 0.2) is 0 Å². The molecule has 20 heavy (non-hydrogen) atoms. The molecule has 5 heteroatoms. The highest BCUT2D eigenvalue weighted by atomic mass is 35.5. The molecule has 0 aliphatic heterocycles. The Morgan fingerprint density at radius 1 is 1.05 bits per heavy atom. The number of hydrogen-bond donors (Lipinski definition) is 1. The lowest BCUT2D eigenvalue weighted by Gasteiger charge is -2.14. The second-order valence-electron chi connectivity index (χ2n) is 4.80. The summed E-state index contributed by atoms with van der Waals surface area (Å²) in [6.45, 7) is 4.04. The van der Waals surface area contributed by atoms with Crippen molar-refractivity contribution in [2.75, 3.05) is 4.72 Å². The van der Waals surface area contributed by atoms with Crippen molar-refractivity contribution in [3.05, 3.63) is 59.1 Å². The van der Waals surface area contributed by atoms with Gasteiger partial charge >= 0.3 is 0 Å². The molecule has 0 saturated carbocycles. The molecule has 2 aromatic rings. The van der Waals surface area contributed by atoms with Crippen LogP contribution in [-0.4, -0.2) is 8.42 Å². The fourth-order valence-corrected chi connectivity index (χ4v) is 3.32. The average molecular weight is 310 g/mol. The van der Waals surface area contributed by atoms with Crippen molar-refractivity contribution in [3.8, 4) is 0 Å². The quantitative estimate of drug-likeness (QED) is 0.917. The molecular weight excluding hydrogens is 294 g/mol. The van der Waals surface area contributed by atoms with E-state index < -0.39 is 10.0 Å². The summed E-state index contributed by atoms with van der Waals surface area (Å²) in [4.78, 5) is 0.156. The summed E-state index contributed by atoms with van der Waals surface area (Å²) in [6.07, 6.45) is 0. The normalized spacial score (nSPS) is 11.6. The van der Waals surface area contributed by atoms with Crippen LogP contribution in [0.25, 0.3) is 0 Å². The average Bonchev–Trinajstić information content (AvgIpc) is 2.38. The fourth-order valence-electron chi connectivity index (χ4n) is 1.93. The first-order valence-electron chi connectivity index (χ1n) is 6.27. The maximum absolute atomic E-state index is 12.4. The molecule has 0 amide bonds. The van der Waals surface area contributed by atoms with Crippen LogP contribution >= 0.6 is 11.6 Å². The number of sulfonamides is 1. The zero-order valence-corrected chi connectivity index (χ0v) is 12.9. The Hall–Kier alpha value is -1.52. The molecule has 2 aromatic carbocycles. The van der Waals surface area contributed by atoms with E-state index in [-0.39, 0.29) is 10.8 Å². The van der Waals surface area contributed by atoms with Gasteiger partial charge in [0.2, 0.25) is 0 Å². The number of rotatable bonds is 4. The van der Waals surface area contributed by atoms with Gasteiger partial charge in [0.1, 0.15) is 0 Å². The second kappa shape index (κ2) is 5.85. The number of halogens is 1. The van der Waals surface area contributed by atoms with Gasteiger partial charge in [-0.3, -0.25) is 4.72 Å². The minimum atomic E-state index is -3.63. The molecule has 2 rings (SSSR count). The van der Waals surface area contributed by atoms with Crippen molar-refractivity contribution in [1.29, 1.82) is 0 Å². The molecule has 0 heterocycles. The highest BCUT2D eigenvalue weighted by Crippen LogP contribution is 2.26. The number of nitrogens with one attached hydrogen (secondary N) is 1. The van der Waals surface area contributed by atoms with Gasteiger partial charge in [-0.25, -0.2) is 8.42 Å². The van der Waals surface area contributed by atoms with E-state index in [2.05, 4.69) is 4.72 Å². The van der Waals surface area contributed by atoms with Crippen molar-refractivity contribution in [3.63, 3.8) is 0 Å². The zero-order chi connectivity index (χ0) is 14.8. The third kappa shape index (κ3) is 3.32. The van der Waals surface area contributed by atoms with Crippen LogP contribution < -0.4 is 4.72 Å². The van der Waals surface area contributed by atoms with E-state index in [1.54, 1.807) is 18.2 Å². The van der Waals surface area contributed by atoms with Gasteiger partial charge in [0, 0.05) is 5.02 Å². The fraction of sp³-hybridized carbons (Fsp3) is 0.200. The standard InChI is InChI=1S/C15H16ClNO2S/c1-11(2)14-8-3-4-9-15(14)17-20(18,19)13-7-5-6-12(16)10-13/h3-11,17H,1-2H3. The lowest BCUT2D eigenvalue weighted by atomic mass is 10.0. The molecule has 0 aromatic heterocycles. The lowest BCUT2D eigenvalue weighted by molar-refractivity contribution is 0.601. The number of hydrogen-bond acceptors (Lipinski definition) is 2. The summed E-state index contributed by atoms with van der Waals surface area (Å²) in [5, 5.41) is 0.394. The van der Waals surface area contributed by atoms with Crippen LogP contribution in [0.3, 0.4) is 0 Å². The molecule has 0 aliphatic rings. The van der Waals surface area contributed by atoms with Crippen molar-refractivity contribution in [2.24, 2.45) is 0 Å². The van der Waals surface area contributed by atoms with Crippen molar-refractivity contribution < 1.29 is 8.42 Å². The van der Waals surface area contributed by atoms with E-state index in [1.165, 1.54) is 12.1 Å². The third-order valence-electron chi connectivity index (χ3n) is 2.93. The van der Waals surface area contributed by atoms with Crippen molar-refractivity contribution in [1.82, 2.24) is 0 Å². The van der Waals surface area contributed by atoms with Crippen LogP contribution in [0.1, 0.15) is 25.3 Å². The van der Waals surface area contributed by atoms with Gasteiger partial charge in [-0.2, -0.15) is 0 Å². The first-order chi connectivity index (χ1) is 9.40. The predicted molar refractivity (Wildman–Crippen MR) is 82.8 cm³/mol. The Morgan fingerprint density at radius 3 is 2.40 bits per heavy atom. The van der Waals surface area contributed by atoms with Crippen LogP contribution in [0.5, 0.6) is 0 Å². The van der Waals surface area contributed by atoms with Gasteiger partial charge in [0.05, 0.1) is 10.6 Å².